The lowest BCUT2D eigenvalue weighted by molar-refractivity contribution is -0.137. The lowest BCUT2D eigenvalue weighted by Gasteiger charge is -2.33. The number of piperidine rings is 1. The standard InChI is InChI=1S/C27H26ClF3N2O/c1-18-7-8-22(15-25(18)28)21-5-2-4-19(14-21)16-33-13-3-6-24(17-33)32-26(34)20-9-11-23(12-10-20)27(29,30)31/h2,4-5,7-12,14-15,24H,3,6,13,16-17H2,1H3,(H,32,34). The van der Waals surface area contributed by atoms with Crippen LogP contribution in [0.15, 0.2) is 66.7 Å². The van der Waals surface area contributed by atoms with Gasteiger partial charge in [-0.15, -0.1) is 0 Å². The first-order valence-corrected chi connectivity index (χ1v) is 11.6. The van der Waals surface area contributed by atoms with Crippen molar-refractivity contribution in [2.75, 3.05) is 13.1 Å². The van der Waals surface area contributed by atoms with Gasteiger partial charge >= 0.3 is 6.18 Å². The summed E-state index contributed by atoms with van der Waals surface area (Å²) in [7, 11) is 0. The zero-order chi connectivity index (χ0) is 24.3. The largest absolute Gasteiger partial charge is 0.416 e. The number of carbonyl (C=O) groups is 1. The fourth-order valence-corrected chi connectivity index (χ4v) is 4.46. The molecule has 34 heavy (non-hydrogen) atoms. The predicted octanol–water partition coefficient (Wildman–Crippen LogP) is 6.73. The highest BCUT2D eigenvalue weighted by atomic mass is 35.5. The number of nitrogens with one attached hydrogen (secondary N) is 1. The van der Waals surface area contributed by atoms with Gasteiger partial charge in [0.25, 0.3) is 5.91 Å². The fourth-order valence-electron chi connectivity index (χ4n) is 4.28. The molecular weight excluding hydrogens is 461 g/mol. The van der Waals surface area contributed by atoms with Gasteiger partial charge in [-0.3, -0.25) is 9.69 Å². The quantitative estimate of drug-likeness (QED) is 0.433. The highest BCUT2D eigenvalue weighted by Gasteiger charge is 2.30. The molecule has 0 radical (unpaired) electrons. The van der Waals surface area contributed by atoms with Crippen LogP contribution in [0.3, 0.4) is 0 Å². The van der Waals surface area contributed by atoms with E-state index in [1.807, 2.05) is 25.1 Å². The summed E-state index contributed by atoms with van der Waals surface area (Å²) in [4.78, 5) is 14.9. The Hall–Kier alpha value is -2.83. The molecule has 1 amide bonds. The number of alkyl halides is 3. The second-order valence-electron chi connectivity index (χ2n) is 8.79. The molecule has 7 heteroatoms. The molecule has 1 unspecified atom stereocenters. The van der Waals surface area contributed by atoms with E-state index in [1.165, 1.54) is 17.7 Å². The summed E-state index contributed by atoms with van der Waals surface area (Å²) in [6.45, 7) is 4.34. The van der Waals surface area contributed by atoms with Gasteiger partial charge in [-0.05, 0) is 85.0 Å². The van der Waals surface area contributed by atoms with Crippen molar-refractivity contribution < 1.29 is 18.0 Å². The van der Waals surface area contributed by atoms with Gasteiger partial charge in [0.2, 0.25) is 0 Å². The van der Waals surface area contributed by atoms with Gasteiger partial charge in [0.05, 0.1) is 5.56 Å². The molecule has 0 saturated carbocycles. The Morgan fingerprint density at radius 1 is 1.06 bits per heavy atom. The topological polar surface area (TPSA) is 32.3 Å². The van der Waals surface area contributed by atoms with Crippen LogP contribution in [-0.2, 0) is 12.7 Å². The molecule has 1 saturated heterocycles. The molecule has 1 heterocycles. The Balaban J connectivity index is 1.38. The second-order valence-corrected chi connectivity index (χ2v) is 9.19. The Kier molecular flexibility index (Phi) is 7.29. The van der Waals surface area contributed by atoms with E-state index in [9.17, 15) is 18.0 Å². The van der Waals surface area contributed by atoms with Crippen molar-refractivity contribution in [3.8, 4) is 11.1 Å². The number of aryl methyl sites for hydroxylation is 1. The minimum Gasteiger partial charge on any atom is -0.348 e. The third-order valence-corrected chi connectivity index (χ3v) is 6.56. The minimum atomic E-state index is -4.41. The summed E-state index contributed by atoms with van der Waals surface area (Å²) >= 11 is 6.30. The summed E-state index contributed by atoms with van der Waals surface area (Å²) < 4.78 is 38.3. The number of carbonyl (C=O) groups excluding carboxylic acids is 1. The van der Waals surface area contributed by atoms with Crippen LogP contribution in [0.25, 0.3) is 11.1 Å². The van der Waals surface area contributed by atoms with E-state index in [0.717, 1.165) is 59.8 Å². The number of benzene rings is 3. The number of likely N-dealkylation sites (tertiary alicyclic amines) is 1. The molecule has 1 atom stereocenters. The van der Waals surface area contributed by atoms with E-state index in [1.54, 1.807) is 0 Å². The zero-order valence-corrected chi connectivity index (χ0v) is 19.6. The van der Waals surface area contributed by atoms with Crippen molar-refractivity contribution in [1.29, 1.82) is 0 Å². The molecule has 3 nitrogen and oxygen atoms in total. The molecule has 1 aliphatic rings. The maximum atomic E-state index is 12.8. The van der Waals surface area contributed by atoms with Gasteiger partial charge in [-0.1, -0.05) is 41.9 Å². The molecule has 3 aromatic rings. The number of nitrogens with zero attached hydrogens (tertiary/aromatic N) is 1. The number of amides is 1. The van der Waals surface area contributed by atoms with Crippen LogP contribution in [0, 0.1) is 6.92 Å². The summed E-state index contributed by atoms with van der Waals surface area (Å²) in [5.74, 6) is -0.348. The molecule has 3 aromatic carbocycles. The highest BCUT2D eigenvalue weighted by Crippen LogP contribution is 2.29. The lowest BCUT2D eigenvalue weighted by Crippen LogP contribution is -2.47. The van der Waals surface area contributed by atoms with E-state index in [0.29, 0.717) is 6.54 Å². The number of hydrogen-bond acceptors (Lipinski definition) is 2. The SMILES string of the molecule is Cc1ccc(-c2cccc(CN3CCCC(NC(=O)c4ccc(C(F)(F)F)cc4)C3)c2)cc1Cl. The van der Waals surface area contributed by atoms with E-state index in [4.69, 9.17) is 11.6 Å². The van der Waals surface area contributed by atoms with E-state index in [2.05, 4.69) is 34.5 Å². The monoisotopic (exact) mass is 486 g/mol. The van der Waals surface area contributed by atoms with Gasteiger partial charge in [0, 0.05) is 29.7 Å². The normalized spacial score (nSPS) is 16.9. The van der Waals surface area contributed by atoms with Gasteiger partial charge in [0.1, 0.15) is 0 Å². The summed E-state index contributed by atoms with van der Waals surface area (Å²) in [5.41, 5.74) is 3.85. The second kappa shape index (κ2) is 10.2. The molecule has 0 bridgehead atoms. The molecule has 1 aliphatic heterocycles. The Labute approximate surface area is 202 Å². The molecule has 1 fully saturated rings. The molecule has 0 aliphatic carbocycles. The first-order chi connectivity index (χ1) is 16.2. The van der Waals surface area contributed by atoms with Crippen molar-refractivity contribution in [2.45, 2.75) is 38.5 Å². The van der Waals surface area contributed by atoms with Crippen LogP contribution < -0.4 is 5.32 Å². The third kappa shape index (κ3) is 5.99. The third-order valence-electron chi connectivity index (χ3n) is 6.15. The van der Waals surface area contributed by atoms with Crippen molar-refractivity contribution in [1.82, 2.24) is 10.2 Å². The zero-order valence-electron chi connectivity index (χ0n) is 18.8. The first-order valence-electron chi connectivity index (χ1n) is 11.2. The van der Waals surface area contributed by atoms with Gasteiger partial charge in [-0.2, -0.15) is 13.2 Å². The molecule has 0 spiro atoms. The Bertz CT molecular complexity index is 1160. The van der Waals surface area contributed by atoms with Crippen molar-refractivity contribution in [3.05, 3.63) is 94.0 Å². The van der Waals surface area contributed by atoms with E-state index < -0.39 is 11.7 Å². The molecule has 178 valence electrons. The number of rotatable bonds is 5. The fraction of sp³-hybridized carbons (Fsp3) is 0.296. The van der Waals surface area contributed by atoms with E-state index in [-0.39, 0.29) is 17.5 Å². The van der Waals surface area contributed by atoms with Crippen LogP contribution in [0.4, 0.5) is 13.2 Å². The molecule has 0 aromatic heterocycles. The molecule has 1 N–H and O–H groups in total. The van der Waals surface area contributed by atoms with Crippen LogP contribution in [-0.4, -0.2) is 29.9 Å². The summed E-state index contributed by atoms with van der Waals surface area (Å²) in [6, 6.07) is 18.7. The first kappa shape index (κ1) is 24.3. The van der Waals surface area contributed by atoms with Crippen LogP contribution >= 0.6 is 11.6 Å². The molecule has 4 rings (SSSR count). The van der Waals surface area contributed by atoms with Crippen molar-refractivity contribution in [3.63, 3.8) is 0 Å². The number of halogens is 4. The summed E-state index contributed by atoms with van der Waals surface area (Å²) in [5, 5.41) is 3.72. The van der Waals surface area contributed by atoms with Crippen LogP contribution in [0.2, 0.25) is 5.02 Å². The van der Waals surface area contributed by atoms with Gasteiger partial charge in [0.15, 0.2) is 0 Å². The number of hydrogen-bond donors (Lipinski definition) is 1. The lowest BCUT2D eigenvalue weighted by atomic mass is 10.0. The molecular formula is C27H26ClF3N2O. The van der Waals surface area contributed by atoms with Gasteiger partial charge in [-0.25, -0.2) is 0 Å². The van der Waals surface area contributed by atoms with Crippen LogP contribution in [0.1, 0.15) is 39.9 Å². The highest BCUT2D eigenvalue weighted by molar-refractivity contribution is 6.31. The smallest absolute Gasteiger partial charge is 0.348 e. The average Bonchev–Trinajstić information content (AvgIpc) is 2.81. The minimum absolute atomic E-state index is 0.0531. The van der Waals surface area contributed by atoms with Crippen molar-refractivity contribution in [2.24, 2.45) is 0 Å². The summed E-state index contributed by atoms with van der Waals surface area (Å²) in [6.07, 6.45) is -2.64. The maximum Gasteiger partial charge on any atom is 0.416 e. The maximum absolute atomic E-state index is 12.8. The predicted molar refractivity (Wildman–Crippen MR) is 129 cm³/mol. The average molecular weight is 487 g/mol. The van der Waals surface area contributed by atoms with Crippen molar-refractivity contribution >= 4 is 17.5 Å². The van der Waals surface area contributed by atoms with E-state index >= 15 is 0 Å². The van der Waals surface area contributed by atoms with Gasteiger partial charge < -0.3 is 5.32 Å². The Morgan fingerprint density at radius 3 is 2.50 bits per heavy atom. The van der Waals surface area contributed by atoms with Crippen LogP contribution in [0.5, 0.6) is 0 Å². The Morgan fingerprint density at radius 2 is 1.79 bits per heavy atom.